The zero-order valence-electron chi connectivity index (χ0n) is 18.1. The SMILES string of the molecule is Cc1cc2c(NCC3(N)COC3)cc(N3CCS(O)(O)c4ccccc4C3)nc2c(F)c1F. The molecule has 3 heterocycles. The van der Waals surface area contributed by atoms with Crippen molar-refractivity contribution in [1.29, 1.82) is 0 Å². The van der Waals surface area contributed by atoms with Crippen LogP contribution in [0.5, 0.6) is 0 Å². The van der Waals surface area contributed by atoms with E-state index in [1.165, 1.54) is 6.92 Å². The normalized spacial score (nSPS) is 20.0. The molecule has 5 rings (SSSR count). The van der Waals surface area contributed by atoms with E-state index in [-0.39, 0.29) is 16.8 Å². The summed E-state index contributed by atoms with van der Waals surface area (Å²) in [7, 11) is -2.97. The molecule has 7 nitrogen and oxygen atoms in total. The lowest BCUT2D eigenvalue weighted by atomic mass is 9.99. The predicted molar refractivity (Wildman–Crippen MR) is 126 cm³/mol. The van der Waals surface area contributed by atoms with Crippen LogP contribution >= 0.6 is 10.6 Å². The lowest BCUT2D eigenvalue weighted by molar-refractivity contribution is -0.0461. The van der Waals surface area contributed by atoms with E-state index in [0.717, 1.165) is 5.56 Å². The fourth-order valence-electron chi connectivity index (χ4n) is 4.24. The van der Waals surface area contributed by atoms with Crippen LogP contribution in [0.2, 0.25) is 0 Å². The molecular formula is C23H26F2N4O3S. The van der Waals surface area contributed by atoms with Gasteiger partial charge < -0.3 is 20.7 Å². The molecule has 0 unspecified atom stereocenters. The van der Waals surface area contributed by atoms with Gasteiger partial charge in [-0.25, -0.2) is 13.8 Å². The van der Waals surface area contributed by atoms with E-state index in [1.54, 1.807) is 24.3 Å². The molecule has 2 aliphatic rings. The molecule has 3 aromatic rings. The third kappa shape index (κ3) is 4.02. The Bertz CT molecular complexity index is 1240. The Kier molecular flexibility index (Phi) is 5.45. The molecule has 0 saturated carbocycles. The van der Waals surface area contributed by atoms with Crippen molar-refractivity contribution in [3.05, 3.63) is 59.2 Å². The predicted octanol–water partition coefficient (Wildman–Crippen LogP) is 4.09. The molecule has 1 aromatic heterocycles. The van der Waals surface area contributed by atoms with Crippen LogP contribution in [0.15, 0.2) is 41.3 Å². The summed E-state index contributed by atoms with van der Waals surface area (Å²) in [4.78, 5) is 6.83. The Balaban J connectivity index is 1.59. The van der Waals surface area contributed by atoms with Crippen LogP contribution in [0, 0.1) is 18.6 Å². The summed E-state index contributed by atoms with van der Waals surface area (Å²) in [6.45, 7) is 3.38. The highest BCUT2D eigenvalue weighted by Crippen LogP contribution is 2.51. The number of benzene rings is 2. The number of rotatable bonds is 4. The van der Waals surface area contributed by atoms with Crippen LogP contribution in [0.25, 0.3) is 10.9 Å². The number of aryl methyl sites for hydroxylation is 1. The second-order valence-corrected chi connectivity index (χ2v) is 11.0. The summed E-state index contributed by atoms with van der Waals surface area (Å²) in [6, 6.07) is 10.5. The molecule has 1 fully saturated rings. The molecule has 10 heteroatoms. The lowest BCUT2D eigenvalue weighted by Crippen LogP contribution is -2.61. The van der Waals surface area contributed by atoms with Gasteiger partial charge in [0.15, 0.2) is 11.6 Å². The van der Waals surface area contributed by atoms with Gasteiger partial charge in [-0.3, -0.25) is 9.11 Å². The Labute approximate surface area is 191 Å². The average Bonchev–Trinajstić information content (AvgIpc) is 2.91. The number of nitrogens with zero attached hydrogens (tertiary/aromatic N) is 2. The van der Waals surface area contributed by atoms with Gasteiger partial charge in [-0.15, -0.1) is 0 Å². The van der Waals surface area contributed by atoms with E-state index in [4.69, 9.17) is 10.5 Å². The summed E-state index contributed by atoms with van der Waals surface area (Å²) in [5.74, 6) is -1.42. The smallest absolute Gasteiger partial charge is 0.185 e. The fraction of sp³-hybridized carbons (Fsp3) is 0.348. The van der Waals surface area contributed by atoms with Crippen LogP contribution in [-0.2, 0) is 11.3 Å². The first kappa shape index (κ1) is 22.3. The second-order valence-electron chi connectivity index (χ2n) is 8.85. The van der Waals surface area contributed by atoms with Crippen molar-refractivity contribution in [2.45, 2.75) is 23.9 Å². The molecule has 0 aliphatic carbocycles. The molecule has 33 heavy (non-hydrogen) atoms. The minimum atomic E-state index is -2.97. The Morgan fingerprint density at radius 2 is 1.97 bits per heavy atom. The van der Waals surface area contributed by atoms with Gasteiger partial charge in [0, 0.05) is 36.8 Å². The van der Waals surface area contributed by atoms with Gasteiger partial charge in [0.25, 0.3) is 0 Å². The summed E-state index contributed by atoms with van der Waals surface area (Å²) >= 11 is 0. The van der Waals surface area contributed by atoms with Crippen LogP contribution in [0.3, 0.4) is 0 Å². The maximum absolute atomic E-state index is 15.0. The molecule has 1 saturated heterocycles. The third-order valence-corrected chi connectivity index (χ3v) is 8.07. The summed E-state index contributed by atoms with van der Waals surface area (Å²) in [6.07, 6.45) is 0. The van der Waals surface area contributed by atoms with Gasteiger partial charge in [0.05, 0.1) is 29.4 Å². The molecule has 2 aliphatic heterocycles. The Morgan fingerprint density at radius 3 is 2.70 bits per heavy atom. The van der Waals surface area contributed by atoms with Gasteiger partial charge >= 0.3 is 0 Å². The van der Waals surface area contributed by atoms with Crippen LogP contribution < -0.4 is 16.0 Å². The molecule has 2 aromatic carbocycles. The minimum Gasteiger partial charge on any atom is -0.382 e. The lowest BCUT2D eigenvalue weighted by Gasteiger charge is -2.38. The van der Waals surface area contributed by atoms with Gasteiger partial charge in [0.2, 0.25) is 0 Å². The van der Waals surface area contributed by atoms with Gasteiger partial charge in [-0.2, -0.15) is 10.6 Å². The fourth-order valence-corrected chi connectivity index (χ4v) is 5.78. The van der Waals surface area contributed by atoms with Crippen molar-refractivity contribution in [3.63, 3.8) is 0 Å². The van der Waals surface area contributed by atoms with E-state index < -0.39 is 27.8 Å². The van der Waals surface area contributed by atoms with E-state index in [2.05, 4.69) is 10.3 Å². The number of hydrogen-bond donors (Lipinski definition) is 4. The number of aromatic nitrogens is 1. The maximum atomic E-state index is 15.0. The second kappa shape index (κ2) is 8.07. The van der Waals surface area contributed by atoms with E-state index in [9.17, 15) is 17.9 Å². The van der Waals surface area contributed by atoms with Crippen molar-refractivity contribution in [2.24, 2.45) is 5.73 Å². The van der Waals surface area contributed by atoms with E-state index in [0.29, 0.717) is 54.6 Å². The van der Waals surface area contributed by atoms with Crippen LogP contribution in [0.4, 0.5) is 20.3 Å². The monoisotopic (exact) mass is 476 g/mol. The number of nitrogens with one attached hydrogen (secondary N) is 1. The number of ether oxygens (including phenoxy) is 1. The first-order chi connectivity index (χ1) is 15.7. The summed E-state index contributed by atoms with van der Waals surface area (Å²) in [5, 5.41) is 3.74. The zero-order valence-corrected chi connectivity index (χ0v) is 19.0. The van der Waals surface area contributed by atoms with Crippen LogP contribution in [0.1, 0.15) is 11.1 Å². The number of hydrogen-bond acceptors (Lipinski definition) is 7. The third-order valence-electron chi connectivity index (χ3n) is 6.22. The largest absolute Gasteiger partial charge is 0.382 e. The van der Waals surface area contributed by atoms with Gasteiger partial charge in [-0.05, 0) is 30.2 Å². The molecule has 0 bridgehead atoms. The van der Waals surface area contributed by atoms with Crippen molar-refractivity contribution in [3.8, 4) is 0 Å². The number of halogens is 2. The van der Waals surface area contributed by atoms with E-state index >= 15 is 0 Å². The Morgan fingerprint density at radius 1 is 1.21 bits per heavy atom. The van der Waals surface area contributed by atoms with Crippen molar-refractivity contribution in [2.75, 3.05) is 42.3 Å². The molecule has 0 spiro atoms. The molecule has 0 amide bonds. The molecule has 5 N–H and O–H groups in total. The summed E-state index contributed by atoms with van der Waals surface area (Å²) < 4.78 is 55.9. The highest BCUT2D eigenvalue weighted by Gasteiger charge is 2.34. The van der Waals surface area contributed by atoms with Gasteiger partial charge in [0.1, 0.15) is 11.3 Å². The topological polar surface area (TPSA) is 104 Å². The van der Waals surface area contributed by atoms with Crippen molar-refractivity contribution in [1.82, 2.24) is 4.98 Å². The number of nitrogens with two attached hydrogens (primary N) is 1. The molecular weight excluding hydrogens is 450 g/mol. The van der Waals surface area contributed by atoms with Gasteiger partial charge in [-0.1, -0.05) is 18.2 Å². The number of anilines is 2. The minimum absolute atomic E-state index is 0.0850. The van der Waals surface area contributed by atoms with E-state index in [1.807, 2.05) is 17.0 Å². The average molecular weight is 477 g/mol. The number of fused-ring (bicyclic) bond motifs is 2. The van der Waals surface area contributed by atoms with Crippen LogP contribution in [-0.4, -0.2) is 51.7 Å². The maximum Gasteiger partial charge on any atom is 0.185 e. The molecule has 0 atom stereocenters. The molecule has 176 valence electrons. The highest BCUT2D eigenvalue weighted by atomic mass is 32.3. The Hall–Kier alpha value is -2.50. The number of pyridine rings is 1. The summed E-state index contributed by atoms with van der Waals surface area (Å²) in [5.41, 5.74) is 7.18. The highest BCUT2D eigenvalue weighted by molar-refractivity contribution is 8.24. The standard InChI is InChI=1S/C23H26F2N4O3S/c1-14-8-16-17(27-11-23(26)12-32-13-23)9-19(28-22(16)21(25)20(14)24)29-6-7-33(30,31)18-5-3-2-4-15(18)10-29/h2-5,8-9,30-31H,6-7,10-13,26H2,1H3,(H,27,28). The molecule has 0 radical (unpaired) electrons. The zero-order chi connectivity index (χ0) is 23.4. The first-order valence-corrected chi connectivity index (χ1v) is 12.4. The quantitative estimate of drug-likeness (QED) is 0.450. The first-order valence-electron chi connectivity index (χ1n) is 10.7. The van der Waals surface area contributed by atoms with Crippen molar-refractivity contribution < 1.29 is 22.6 Å². The van der Waals surface area contributed by atoms with Crippen molar-refractivity contribution >= 4 is 33.0 Å².